The number of amidine groups is 1. The molecule has 0 bridgehead atoms. The van der Waals surface area contributed by atoms with Crippen molar-refractivity contribution in [2.45, 2.75) is 6.92 Å². The maximum absolute atomic E-state index is 10.9. The highest BCUT2D eigenvalue weighted by Crippen LogP contribution is 2.15. The number of hydrogen-bond donors (Lipinski definition) is 1. The molecule has 0 aromatic carbocycles. The molecule has 4 nitrogen and oxygen atoms in total. The Morgan fingerprint density at radius 3 is 2.73 bits per heavy atom. The molecule has 1 aliphatic heterocycles. The fourth-order valence-electron chi connectivity index (χ4n) is 0.649. The minimum absolute atomic E-state index is 0.204. The Labute approximate surface area is 70.0 Å². The van der Waals surface area contributed by atoms with Crippen LogP contribution in [0.1, 0.15) is 6.92 Å². The summed E-state index contributed by atoms with van der Waals surface area (Å²) in [6, 6.07) is 0. The van der Waals surface area contributed by atoms with Gasteiger partial charge in [0.25, 0.3) is 10.0 Å². The molecule has 0 saturated heterocycles. The van der Waals surface area contributed by atoms with Crippen LogP contribution in [0.4, 0.5) is 0 Å². The highest BCUT2D eigenvalue weighted by Gasteiger charge is 2.23. The number of aliphatic imine (C=N–C) groups is 1. The number of nitrogens with one attached hydrogen (secondary N) is 1. The van der Waals surface area contributed by atoms with Gasteiger partial charge in [-0.2, -0.15) is 0 Å². The van der Waals surface area contributed by atoms with E-state index in [1.54, 1.807) is 6.92 Å². The zero-order chi connectivity index (χ0) is 8.48. The van der Waals surface area contributed by atoms with Crippen LogP contribution in [0, 0.1) is 0 Å². The van der Waals surface area contributed by atoms with Crippen molar-refractivity contribution >= 4 is 27.5 Å². The van der Waals surface area contributed by atoms with Gasteiger partial charge in [-0.05, 0) is 6.92 Å². The molecule has 0 aromatic rings. The number of hydrogen-bond acceptors (Lipinski definition) is 3. The van der Waals surface area contributed by atoms with Gasteiger partial charge in [-0.25, -0.2) is 8.42 Å². The van der Waals surface area contributed by atoms with Gasteiger partial charge in [0.2, 0.25) is 0 Å². The van der Waals surface area contributed by atoms with E-state index in [1.165, 1.54) is 6.08 Å². The number of sulfonamides is 1. The molecule has 1 rings (SSSR count). The lowest BCUT2D eigenvalue weighted by molar-refractivity contribution is 0.601. The topological polar surface area (TPSA) is 58.5 Å². The maximum Gasteiger partial charge on any atom is 0.274 e. The molecule has 1 aliphatic rings. The van der Waals surface area contributed by atoms with Crippen LogP contribution >= 0.6 is 11.6 Å². The molecular weight excluding hydrogens is 188 g/mol. The van der Waals surface area contributed by atoms with Gasteiger partial charge in [-0.15, -0.1) is 0 Å². The third-order valence-corrected chi connectivity index (χ3v) is 2.90. The zero-order valence-corrected chi connectivity index (χ0v) is 7.41. The largest absolute Gasteiger partial charge is 0.274 e. The summed E-state index contributed by atoms with van der Waals surface area (Å²) in [5, 5.41) is 0. The molecular formula is C5H7ClN2O2S. The van der Waals surface area contributed by atoms with Crippen molar-refractivity contribution in [3.8, 4) is 0 Å². The Hall–Kier alpha value is -0.550. The zero-order valence-electron chi connectivity index (χ0n) is 5.83. The fourth-order valence-corrected chi connectivity index (χ4v) is 1.63. The highest BCUT2D eigenvalue weighted by atomic mass is 35.5. The number of halogens is 1. The molecule has 0 spiro atoms. The van der Waals surface area contributed by atoms with E-state index in [2.05, 4.69) is 9.71 Å². The molecule has 62 valence electrons. The van der Waals surface area contributed by atoms with Gasteiger partial charge in [-0.3, -0.25) is 9.71 Å². The van der Waals surface area contributed by atoms with E-state index in [0.717, 1.165) is 0 Å². The van der Waals surface area contributed by atoms with Crippen molar-refractivity contribution in [2.75, 3.05) is 6.54 Å². The Morgan fingerprint density at radius 2 is 2.36 bits per heavy atom. The molecule has 0 saturated carbocycles. The Morgan fingerprint density at radius 1 is 1.73 bits per heavy atom. The lowest BCUT2D eigenvalue weighted by atomic mass is 10.6. The van der Waals surface area contributed by atoms with Crippen LogP contribution in [0.5, 0.6) is 0 Å². The molecule has 1 N–H and O–H groups in total. The summed E-state index contributed by atoms with van der Waals surface area (Å²) in [6.45, 7) is 2.33. The van der Waals surface area contributed by atoms with Gasteiger partial charge in [0, 0.05) is 12.6 Å². The quantitative estimate of drug-likeness (QED) is 0.658. The summed E-state index contributed by atoms with van der Waals surface area (Å²) >= 11 is 5.36. The molecule has 0 fully saturated rings. The lowest BCUT2D eigenvalue weighted by Gasteiger charge is -1.94. The first-order valence-electron chi connectivity index (χ1n) is 3.00. The first kappa shape index (κ1) is 8.55. The van der Waals surface area contributed by atoms with Crippen LogP contribution in [0.15, 0.2) is 15.4 Å². The van der Waals surface area contributed by atoms with Crippen molar-refractivity contribution in [3.63, 3.8) is 0 Å². The normalized spacial score (nSPS) is 24.9. The third kappa shape index (κ3) is 1.72. The van der Waals surface area contributed by atoms with E-state index in [1.807, 2.05) is 0 Å². The summed E-state index contributed by atoms with van der Waals surface area (Å²) < 4.78 is 23.7. The lowest BCUT2D eigenvalue weighted by Crippen LogP contribution is -2.22. The summed E-state index contributed by atoms with van der Waals surface area (Å²) in [4.78, 5) is 3.84. The van der Waals surface area contributed by atoms with E-state index in [0.29, 0.717) is 12.4 Å². The monoisotopic (exact) mass is 194 g/mol. The van der Waals surface area contributed by atoms with Crippen molar-refractivity contribution in [1.82, 2.24) is 4.72 Å². The van der Waals surface area contributed by atoms with Crippen molar-refractivity contribution in [3.05, 3.63) is 10.4 Å². The standard InChI is InChI=1S/C5H7ClN2O2S/c1-2-7-5-3-4(6)11(9,10)8-5/h3H,2H2,1H3,(H,7,8). The van der Waals surface area contributed by atoms with Crippen LogP contribution in [0.2, 0.25) is 0 Å². The molecule has 11 heavy (non-hydrogen) atoms. The van der Waals surface area contributed by atoms with Crippen molar-refractivity contribution < 1.29 is 8.42 Å². The molecule has 0 amide bonds. The average molecular weight is 195 g/mol. The number of nitrogens with zero attached hydrogens (tertiary/aromatic N) is 1. The fraction of sp³-hybridized carbons (Fsp3) is 0.400. The summed E-state index contributed by atoms with van der Waals surface area (Å²) in [5.41, 5.74) is 0. The second-order valence-corrected chi connectivity index (χ2v) is 4.20. The summed E-state index contributed by atoms with van der Waals surface area (Å²) in [5.74, 6) is 0.303. The van der Waals surface area contributed by atoms with Crippen LogP contribution in [-0.2, 0) is 10.0 Å². The van der Waals surface area contributed by atoms with Gasteiger partial charge in [0.05, 0.1) is 0 Å². The number of rotatable bonds is 1. The average Bonchev–Trinajstić information content (AvgIpc) is 2.08. The van der Waals surface area contributed by atoms with Gasteiger partial charge >= 0.3 is 0 Å². The highest BCUT2D eigenvalue weighted by molar-refractivity contribution is 7.96. The minimum Gasteiger partial charge on any atom is -0.268 e. The first-order chi connectivity index (χ1) is 5.06. The van der Waals surface area contributed by atoms with Gasteiger partial charge in [-0.1, -0.05) is 11.6 Å². The second-order valence-electron chi connectivity index (χ2n) is 1.91. The predicted octanol–water partition coefficient (Wildman–Crippen LogP) is 0.418. The SMILES string of the molecule is CCN=C1C=C(Cl)S(=O)(=O)N1. The Bertz CT molecular complexity index is 317. The van der Waals surface area contributed by atoms with E-state index < -0.39 is 10.0 Å². The first-order valence-corrected chi connectivity index (χ1v) is 4.87. The van der Waals surface area contributed by atoms with Crippen LogP contribution in [0.3, 0.4) is 0 Å². The van der Waals surface area contributed by atoms with E-state index in [9.17, 15) is 8.42 Å². The Kier molecular flexibility index (Phi) is 2.20. The minimum atomic E-state index is -3.45. The van der Waals surface area contributed by atoms with Crippen molar-refractivity contribution in [2.24, 2.45) is 4.99 Å². The molecule has 0 radical (unpaired) electrons. The van der Waals surface area contributed by atoms with Crippen LogP contribution in [0.25, 0.3) is 0 Å². The molecule has 0 aliphatic carbocycles. The molecule has 0 atom stereocenters. The molecule has 0 aromatic heterocycles. The van der Waals surface area contributed by atoms with E-state index >= 15 is 0 Å². The summed E-state index contributed by atoms with van der Waals surface area (Å²) in [7, 11) is -3.45. The molecule has 0 unspecified atom stereocenters. The molecule has 6 heteroatoms. The van der Waals surface area contributed by atoms with Gasteiger partial charge < -0.3 is 0 Å². The second kappa shape index (κ2) is 2.83. The molecule has 1 heterocycles. The van der Waals surface area contributed by atoms with Crippen molar-refractivity contribution in [1.29, 1.82) is 0 Å². The van der Waals surface area contributed by atoms with Gasteiger partial charge in [0.15, 0.2) is 4.36 Å². The third-order valence-electron chi connectivity index (χ3n) is 1.07. The van der Waals surface area contributed by atoms with Crippen LogP contribution in [-0.4, -0.2) is 20.8 Å². The predicted molar refractivity (Wildman–Crippen MR) is 44.0 cm³/mol. The van der Waals surface area contributed by atoms with E-state index in [-0.39, 0.29) is 4.36 Å². The smallest absolute Gasteiger partial charge is 0.268 e. The maximum atomic E-state index is 10.9. The summed E-state index contributed by atoms with van der Waals surface area (Å²) in [6.07, 6.45) is 1.29. The van der Waals surface area contributed by atoms with Crippen LogP contribution < -0.4 is 4.72 Å². The van der Waals surface area contributed by atoms with E-state index in [4.69, 9.17) is 11.6 Å². The Balaban J connectivity index is 2.97. The van der Waals surface area contributed by atoms with Gasteiger partial charge in [0.1, 0.15) is 5.84 Å².